The van der Waals surface area contributed by atoms with E-state index in [1.165, 1.54) is 12.1 Å². The van der Waals surface area contributed by atoms with Gasteiger partial charge in [0.05, 0.1) is 10.0 Å². The maximum Gasteiger partial charge on any atom is 0.176 e. The van der Waals surface area contributed by atoms with Crippen LogP contribution in [-0.4, -0.2) is 46.6 Å². The van der Waals surface area contributed by atoms with Gasteiger partial charge in [-0.25, -0.2) is 0 Å². The van der Waals surface area contributed by atoms with E-state index in [-0.39, 0.29) is 33.0 Å². The fourth-order valence-electron chi connectivity index (χ4n) is 3.13. The van der Waals surface area contributed by atoms with Gasteiger partial charge < -0.3 is 31.1 Å². The highest BCUT2D eigenvalue weighted by Crippen LogP contribution is 2.36. The summed E-state index contributed by atoms with van der Waals surface area (Å²) in [5, 5.41) is 45.2. The summed E-state index contributed by atoms with van der Waals surface area (Å²) in [5.41, 5.74) is 1.63. The number of phenols is 4. The van der Waals surface area contributed by atoms with Crippen molar-refractivity contribution in [1.82, 2.24) is 10.6 Å². The summed E-state index contributed by atoms with van der Waals surface area (Å²) in [5.74, 6) is -0.913. The molecule has 0 fully saturated rings. The average molecular weight is 457 g/mol. The zero-order valence-electron chi connectivity index (χ0n) is 16.9. The Kier molecular flexibility index (Phi) is 10.4. The Bertz CT molecular complexity index is 751. The first kappa shape index (κ1) is 24.4. The van der Waals surface area contributed by atoms with E-state index in [9.17, 15) is 20.4 Å². The molecule has 0 saturated carbocycles. The van der Waals surface area contributed by atoms with Gasteiger partial charge in [-0.2, -0.15) is 0 Å². The van der Waals surface area contributed by atoms with Crippen molar-refractivity contribution < 1.29 is 20.4 Å². The third kappa shape index (κ3) is 7.43. The Morgan fingerprint density at radius 3 is 1.37 bits per heavy atom. The molecule has 0 aliphatic carbocycles. The molecule has 30 heavy (non-hydrogen) atoms. The minimum Gasteiger partial charge on any atom is -0.504 e. The standard InChI is InChI=1S/C22H30Cl2N2O4/c23-19-15(5-7-17(27)21(19)29)9-13-25-11-3-1-2-4-12-26-14-10-16-6-8-18(28)22(30)20(16)24/h5-8,25-30H,1-4,9-14H2. The van der Waals surface area contributed by atoms with Crippen LogP contribution in [0.15, 0.2) is 24.3 Å². The first-order valence-corrected chi connectivity index (χ1v) is 11.0. The second-order valence-corrected chi connectivity index (χ2v) is 7.98. The summed E-state index contributed by atoms with van der Waals surface area (Å²) in [4.78, 5) is 0. The second kappa shape index (κ2) is 12.7. The minimum absolute atomic E-state index is 0.199. The number of nitrogens with one attached hydrogen (secondary N) is 2. The van der Waals surface area contributed by atoms with Gasteiger partial charge in [-0.05, 0) is 75.1 Å². The summed E-state index contributed by atoms with van der Waals surface area (Å²) in [6.45, 7) is 3.39. The highest BCUT2D eigenvalue weighted by molar-refractivity contribution is 6.33. The summed E-state index contributed by atoms with van der Waals surface area (Å²) in [7, 11) is 0. The molecule has 0 saturated heterocycles. The number of hydrogen-bond acceptors (Lipinski definition) is 6. The number of halogens is 2. The molecule has 0 spiro atoms. The molecule has 0 heterocycles. The molecule has 0 aliphatic heterocycles. The molecular formula is C22H30Cl2N2O4. The van der Waals surface area contributed by atoms with Gasteiger partial charge in [-0.1, -0.05) is 48.2 Å². The van der Waals surface area contributed by atoms with Gasteiger partial charge in [0.1, 0.15) is 0 Å². The van der Waals surface area contributed by atoms with Crippen LogP contribution in [0.25, 0.3) is 0 Å². The van der Waals surface area contributed by atoms with E-state index in [2.05, 4.69) is 10.6 Å². The van der Waals surface area contributed by atoms with Crippen LogP contribution in [0.4, 0.5) is 0 Å². The molecule has 0 unspecified atom stereocenters. The quantitative estimate of drug-likeness (QED) is 0.198. The predicted molar refractivity (Wildman–Crippen MR) is 121 cm³/mol. The largest absolute Gasteiger partial charge is 0.504 e. The predicted octanol–water partition coefficient (Wildman–Crippen LogP) is 4.34. The van der Waals surface area contributed by atoms with Crippen LogP contribution in [0.3, 0.4) is 0 Å². The smallest absolute Gasteiger partial charge is 0.176 e. The molecule has 0 bridgehead atoms. The lowest BCUT2D eigenvalue weighted by molar-refractivity contribution is 0.403. The Labute approximate surface area is 187 Å². The lowest BCUT2D eigenvalue weighted by Crippen LogP contribution is -2.19. The van der Waals surface area contributed by atoms with E-state index in [0.29, 0.717) is 12.8 Å². The Morgan fingerprint density at radius 2 is 0.967 bits per heavy atom. The van der Waals surface area contributed by atoms with Gasteiger partial charge in [-0.3, -0.25) is 0 Å². The lowest BCUT2D eigenvalue weighted by Gasteiger charge is -2.09. The Balaban J connectivity index is 1.45. The van der Waals surface area contributed by atoms with Gasteiger partial charge >= 0.3 is 0 Å². The molecule has 166 valence electrons. The van der Waals surface area contributed by atoms with Crippen molar-refractivity contribution in [1.29, 1.82) is 0 Å². The lowest BCUT2D eigenvalue weighted by atomic mass is 10.1. The summed E-state index contributed by atoms with van der Waals surface area (Å²) < 4.78 is 0. The van der Waals surface area contributed by atoms with Crippen LogP contribution in [0.5, 0.6) is 23.0 Å². The average Bonchev–Trinajstić information content (AvgIpc) is 2.74. The summed E-state index contributed by atoms with van der Waals surface area (Å²) in [6, 6.07) is 6.36. The molecule has 6 nitrogen and oxygen atoms in total. The summed E-state index contributed by atoms with van der Waals surface area (Å²) >= 11 is 12.0. The molecule has 0 aromatic heterocycles. The van der Waals surface area contributed by atoms with E-state index in [4.69, 9.17) is 23.2 Å². The topological polar surface area (TPSA) is 105 Å². The van der Waals surface area contributed by atoms with Crippen LogP contribution >= 0.6 is 23.2 Å². The van der Waals surface area contributed by atoms with Crippen molar-refractivity contribution in [2.45, 2.75) is 38.5 Å². The highest BCUT2D eigenvalue weighted by atomic mass is 35.5. The first-order chi connectivity index (χ1) is 14.4. The van der Waals surface area contributed by atoms with Crippen molar-refractivity contribution in [3.63, 3.8) is 0 Å². The van der Waals surface area contributed by atoms with Gasteiger partial charge in [0.2, 0.25) is 0 Å². The van der Waals surface area contributed by atoms with Gasteiger partial charge in [-0.15, -0.1) is 0 Å². The van der Waals surface area contributed by atoms with Gasteiger partial charge in [0.15, 0.2) is 23.0 Å². The van der Waals surface area contributed by atoms with E-state index in [1.54, 1.807) is 12.1 Å². The first-order valence-electron chi connectivity index (χ1n) is 10.2. The second-order valence-electron chi connectivity index (χ2n) is 7.23. The highest BCUT2D eigenvalue weighted by Gasteiger charge is 2.10. The van der Waals surface area contributed by atoms with Crippen LogP contribution in [0.1, 0.15) is 36.8 Å². The molecule has 6 N–H and O–H groups in total. The van der Waals surface area contributed by atoms with Crippen LogP contribution in [0, 0.1) is 0 Å². The number of hydrogen-bond donors (Lipinski definition) is 6. The van der Waals surface area contributed by atoms with E-state index in [1.807, 2.05) is 0 Å². The number of rotatable bonds is 13. The fraction of sp³-hybridized carbons (Fsp3) is 0.455. The van der Waals surface area contributed by atoms with Crippen molar-refractivity contribution in [3.05, 3.63) is 45.4 Å². The number of phenolic OH excluding ortho intramolecular Hbond substituents is 4. The molecular weight excluding hydrogens is 427 g/mol. The molecule has 0 aliphatic rings. The number of benzene rings is 2. The number of unbranched alkanes of at least 4 members (excludes halogenated alkanes) is 3. The Hall–Kier alpha value is -1.86. The monoisotopic (exact) mass is 456 g/mol. The van der Waals surface area contributed by atoms with E-state index < -0.39 is 0 Å². The molecule has 2 rings (SSSR count). The van der Waals surface area contributed by atoms with Crippen LogP contribution in [0.2, 0.25) is 10.0 Å². The van der Waals surface area contributed by atoms with E-state index in [0.717, 1.165) is 63.0 Å². The maximum absolute atomic E-state index is 9.62. The normalized spacial score (nSPS) is 11.1. The zero-order valence-corrected chi connectivity index (χ0v) is 18.4. The molecule has 2 aromatic rings. The maximum atomic E-state index is 9.62. The molecule has 0 radical (unpaired) electrons. The third-order valence-corrected chi connectivity index (χ3v) is 5.79. The third-order valence-electron chi connectivity index (χ3n) is 4.95. The SMILES string of the molecule is Oc1ccc(CCNCCCCCCNCCc2ccc(O)c(O)c2Cl)c(Cl)c1O. The van der Waals surface area contributed by atoms with Crippen molar-refractivity contribution in [2.24, 2.45) is 0 Å². The fourth-order valence-corrected chi connectivity index (χ4v) is 3.64. The van der Waals surface area contributed by atoms with Gasteiger partial charge in [0.25, 0.3) is 0 Å². The molecule has 0 amide bonds. The van der Waals surface area contributed by atoms with Crippen molar-refractivity contribution >= 4 is 23.2 Å². The molecule has 2 aromatic carbocycles. The minimum atomic E-state index is -0.257. The van der Waals surface area contributed by atoms with Crippen LogP contribution < -0.4 is 10.6 Å². The molecule has 8 heteroatoms. The van der Waals surface area contributed by atoms with Crippen molar-refractivity contribution in [3.8, 4) is 23.0 Å². The molecule has 0 atom stereocenters. The number of aromatic hydroxyl groups is 4. The Morgan fingerprint density at radius 1 is 0.567 bits per heavy atom. The van der Waals surface area contributed by atoms with Gasteiger partial charge in [0, 0.05) is 0 Å². The summed E-state index contributed by atoms with van der Waals surface area (Å²) in [6.07, 6.45) is 5.87. The van der Waals surface area contributed by atoms with Crippen molar-refractivity contribution in [2.75, 3.05) is 26.2 Å². The van der Waals surface area contributed by atoms with E-state index >= 15 is 0 Å². The van der Waals surface area contributed by atoms with Crippen LogP contribution in [-0.2, 0) is 12.8 Å². The zero-order chi connectivity index (χ0) is 21.9.